The summed E-state index contributed by atoms with van der Waals surface area (Å²) in [5.41, 5.74) is 2.14. The highest BCUT2D eigenvalue weighted by atomic mass is 35.5. The minimum Gasteiger partial charge on any atom is -0.495 e. The third-order valence-corrected chi connectivity index (χ3v) is 6.18. The van der Waals surface area contributed by atoms with Crippen molar-refractivity contribution in [1.82, 2.24) is 0 Å². The van der Waals surface area contributed by atoms with Crippen LogP contribution < -0.4 is 9.64 Å². The van der Waals surface area contributed by atoms with Gasteiger partial charge in [0, 0.05) is 10.0 Å². The highest BCUT2D eigenvalue weighted by Gasteiger charge is 2.34. The quantitative estimate of drug-likeness (QED) is 0.357. The Hall–Kier alpha value is -2.44. The number of anilines is 1. The molecule has 1 saturated heterocycles. The number of thioether (sulfide) groups is 1. The zero-order valence-electron chi connectivity index (χ0n) is 16.2. The molecule has 31 heavy (non-hydrogen) atoms. The van der Waals surface area contributed by atoms with E-state index in [2.05, 4.69) is 4.99 Å². The first-order chi connectivity index (χ1) is 14.9. The average Bonchev–Trinajstić information content (AvgIpc) is 3.05. The van der Waals surface area contributed by atoms with Crippen molar-refractivity contribution in [2.75, 3.05) is 12.0 Å². The van der Waals surface area contributed by atoms with Crippen LogP contribution in [0.5, 0.6) is 5.75 Å². The number of aliphatic imine (C=N–C) groups is 1. The Kier molecular flexibility index (Phi) is 6.58. The van der Waals surface area contributed by atoms with Crippen molar-refractivity contribution in [1.29, 1.82) is 0 Å². The Morgan fingerprint density at radius 3 is 2.19 bits per heavy atom. The predicted molar refractivity (Wildman–Crippen MR) is 131 cm³/mol. The minimum atomic E-state index is -0.188. The van der Waals surface area contributed by atoms with Crippen molar-refractivity contribution < 1.29 is 9.53 Å². The molecule has 4 rings (SSSR count). The van der Waals surface area contributed by atoms with E-state index >= 15 is 0 Å². The molecule has 8 heteroatoms. The summed E-state index contributed by atoms with van der Waals surface area (Å²) >= 11 is 19.5. The summed E-state index contributed by atoms with van der Waals surface area (Å²) in [5, 5.41) is 2.20. The number of methoxy groups -OCH3 is 1. The average molecular weight is 490 g/mol. The molecule has 0 atom stereocenters. The first kappa shape index (κ1) is 21.8. The third-order valence-electron chi connectivity index (χ3n) is 4.42. The van der Waals surface area contributed by atoms with E-state index in [-0.39, 0.29) is 5.91 Å². The maximum absolute atomic E-state index is 13.3. The number of amides is 1. The van der Waals surface area contributed by atoms with E-state index in [1.54, 1.807) is 78.7 Å². The van der Waals surface area contributed by atoms with Gasteiger partial charge < -0.3 is 4.74 Å². The van der Waals surface area contributed by atoms with Gasteiger partial charge in [-0.2, -0.15) is 0 Å². The second kappa shape index (κ2) is 9.37. The smallest absolute Gasteiger partial charge is 0.271 e. The number of nitrogens with zero attached hydrogens (tertiary/aromatic N) is 2. The van der Waals surface area contributed by atoms with Crippen LogP contribution in [-0.4, -0.2) is 18.2 Å². The summed E-state index contributed by atoms with van der Waals surface area (Å²) in [7, 11) is 1.55. The van der Waals surface area contributed by atoms with Gasteiger partial charge in [-0.15, -0.1) is 0 Å². The molecular weight excluding hydrogens is 475 g/mol. The van der Waals surface area contributed by atoms with Crippen LogP contribution in [0.4, 0.5) is 11.4 Å². The van der Waals surface area contributed by atoms with Crippen molar-refractivity contribution in [3.05, 3.63) is 92.3 Å². The largest absolute Gasteiger partial charge is 0.495 e. The molecular formula is C23H15Cl3N2O2S. The van der Waals surface area contributed by atoms with Crippen LogP contribution >= 0.6 is 46.6 Å². The molecule has 0 aromatic heterocycles. The third kappa shape index (κ3) is 4.91. The molecule has 0 bridgehead atoms. The molecule has 4 nitrogen and oxygen atoms in total. The molecule has 0 saturated carbocycles. The van der Waals surface area contributed by atoms with Crippen molar-refractivity contribution >= 4 is 75.1 Å². The first-order valence-corrected chi connectivity index (χ1v) is 11.1. The summed E-state index contributed by atoms with van der Waals surface area (Å²) in [6.07, 6.45) is 1.78. The molecule has 1 amide bonds. The lowest BCUT2D eigenvalue weighted by molar-refractivity contribution is -0.113. The summed E-state index contributed by atoms with van der Waals surface area (Å²) in [4.78, 5) is 20.1. The fraction of sp³-hybridized carbons (Fsp3) is 0.0435. The summed E-state index contributed by atoms with van der Waals surface area (Å²) in [5.74, 6) is 0.383. The van der Waals surface area contributed by atoms with E-state index < -0.39 is 0 Å². The van der Waals surface area contributed by atoms with Gasteiger partial charge in [-0.05, 0) is 84.1 Å². The molecule has 0 unspecified atom stereocenters. The van der Waals surface area contributed by atoms with Gasteiger partial charge in [0.15, 0.2) is 5.17 Å². The lowest BCUT2D eigenvalue weighted by Crippen LogP contribution is -2.28. The first-order valence-electron chi connectivity index (χ1n) is 9.12. The maximum atomic E-state index is 13.3. The fourth-order valence-corrected chi connectivity index (χ4v) is 4.44. The van der Waals surface area contributed by atoms with Gasteiger partial charge >= 0.3 is 0 Å². The second-order valence-electron chi connectivity index (χ2n) is 6.49. The van der Waals surface area contributed by atoms with Gasteiger partial charge in [-0.3, -0.25) is 9.69 Å². The monoisotopic (exact) mass is 488 g/mol. The highest BCUT2D eigenvalue weighted by molar-refractivity contribution is 8.19. The van der Waals surface area contributed by atoms with Gasteiger partial charge in [0.2, 0.25) is 0 Å². The van der Waals surface area contributed by atoms with Crippen LogP contribution in [0.2, 0.25) is 15.1 Å². The van der Waals surface area contributed by atoms with E-state index in [9.17, 15) is 4.79 Å². The van der Waals surface area contributed by atoms with Crippen LogP contribution in [0, 0.1) is 0 Å². The molecule has 3 aromatic rings. The van der Waals surface area contributed by atoms with Crippen molar-refractivity contribution in [2.45, 2.75) is 0 Å². The SMILES string of the molecule is COc1ccc(/C=C2\SC(=Nc3ccc(Cl)cc3)N(c3ccc(Cl)cc3)C2=O)cc1Cl. The van der Waals surface area contributed by atoms with Crippen molar-refractivity contribution in [2.24, 2.45) is 4.99 Å². The van der Waals surface area contributed by atoms with E-state index in [1.807, 2.05) is 6.07 Å². The van der Waals surface area contributed by atoms with Gasteiger partial charge in [-0.25, -0.2) is 4.99 Å². The molecule has 3 aromatic carbocycles. The molecule has 0 spiro atoms. The number of carbonyl (C=O) groups is 1. The Bertz CT molecular complexity index is 1190. The molecule has 0 N–H and O–H groups in total. The Morgan fingerprint density at radius 1 is 0.935 bits per heavy atom. The van der Waals surface area contributed by atoms with Crippen LogP contribution in [0.15, 0.2) is 76.6 Å². The molecule has 1 fully saturated rings. The lowest BCUT2D eigenvalue weighted by atomic mass is 10.2. The topological polar surface area (TPSA) is 41.9 Å². The number of carbonyl (C=O) groups excluding carboxylic acids is 1. The molecule has 1 heterocycles. The zero-order chi connectivity index (χ0) is 22.0. The summed E-state index contributed by atoms with van der Waals surface area (Å²) < 4.78 is 5.20. The van der Waals surface area contributed by atoms with Crippen LogP contribution in [-0.2, 0) is 4.79 Å². The fourth-order valence-electron chi connectivity index (χ4n) is 2.92. The number of hydrogen-bond acceptors (Lipinski definition) is 4. The normalized spacial score (nSPS) is 16.4. The maximum Gasteiger partial charge on any atom is 0.271 e. The van der Waals surface area contributed by atoms with E-state index in [0.717, 1.165) is 5.56 Å². The van der Waals surface area contributed by atoms with Crippen molar-refractivity contribution in [3.63, 3.8) is 0 Å². The molecule has 1 aliphatic rings. The van der Waals surface area contributed by atoms with Crippen LogP contribution in [0.25, 0.3) is 6.08 Å². The van der Waals surface area contributed by atoms with Crippen LogP contribution in [0.1, 0.15) is 5.56 Å². The minimum absolute atomic E-state index is 0.188. The Balaban J connectivity index is 1.75. The van der Waals surface area contributed by atoms with Crippen molar-refractivity contribution in [3.8, 4) is 5.75 Å². The van der Waals surface area contributed by atoms with Gasteiger partial charge in [0.05, 0.1) is 28.4 Å². The zero-order valence-corrected chi connectivity index (χ0v) is 19.3. The molecule has 1 aliphatic heterocycles. The number of hydrogen-bond donors (Lipinski definition) is 0. The summed E-state index contributed by atoms with van der Waals surface area (Å²) in [6, 6.07) is 19.5. The Morgan fingerprint density at radius 2 is 1.58 bits per heavy atom. The standard InChI is InChI=1S/C23H15Cl3N2O2S/c1-30-20-11-2-14(12-19(20)26)13-21-22(29)28(18-9-5-16(25)6-10-18)23(31-21)27-17-7-3-15(24)4-8-17/h2-13H,1H3/b21-13-,27-23?. The molecule has 0 radical (unpaired) electrons. The number of rotatable bonds is 4. The highest BCUT2D eigenvalue weighted by Crippen LogP contribution is 2.38. The van der Waals surface area contributed by atoms with E-state index in [1.165, 1.54) is 11.8 Å². The van der Waals surface area contributed by atoms with Gasteiger partial charge in [0.1, 0.15) is 5.75 Å². The van der Waals surface area contributed by atoms with E-state index in [0.29, 0.717) is 42.3 Å². The van der Waals surface area contributed by atoms with E-state index in [4.69, 9.17) is 39.5 Å². The number of amidine groups is 1. The lowest BCUT2D eigenvalue weighted by Gasteiger charge is -2.15. The second-order valence-corrected chi connectivity index (χ2v) is 8.78. The van der Waals surface area contributed by atoms with Gasteiger partial charge in [0.25, 0.3) is 5.91 Å². The number of halogens is 3. The van der Waals surface area contributed by atoms with Gasteiger partial charge in [-0.1, -0.05) is 40.9 Å². The predicted octanol–water partition coefficient (Wildman–Crippen LogP) is 7.46. The number of benzene rings is 3. The summed E-state index contributed by atoms with van der Waals surface area (Å²) in [6.45, 7) is 0. The van der Waals surface area contributed by atoms with Crippen LogP contribution in [0.3, 0.4) is 0 Å². The Labute approximate surface area is 199 Å². The molecule has 0 aliphatic carbocycles. The number of ether oxygens (including phenoxy) is 1. The molecule has 156 valence electrons.